The third kappa shape index (κ3) is 3.00. The minimum absolute atomic E-state index is 0.0428. The summed E-state index contributed by atoms with van der Waals surface area (Å²) in [5.74, 6) is 0. The fourth-order valence-corrected chi connectivity index (χ4v) is 2.52. The molecule has 0 radical (unpaired) electrons. The predicted octanol–water partition coefficient (Wildman–Crippen LogP) is 5.27. The van der Waals surface area contributed by atoms with Gasteiger partial charge in [-0.1, -0.05) is 20.8 Å². The van der Waals surface area contributed by atoms with Crippen LogP contribution in [0.4, 0.5) is 13.2 Å². The molecule has 2 aromatic rings. The van der Waals surface area contributed by atoms with Crippen LogP contribution in [0.5, 0.6) is 0 Å². The van der Waals surface area contributed by atoms with Gasteiger partial charge in [0.05, 0.1) is 5.56 Å². The largest absolute Gasteiger partial charge is 0.416 e. The first kappa shape index (κ1) is 14.9. The molecule has 0 bridgehead atoms. The summed E-state index contributed by atoms with van der Waals surface area (Å²) in [5.41, 5.74) is 1.33. The Kier molecular flexibility index (Phi) is 3.61. The molecule has 1 nitrogen and oxygen atoms in total. The van der Waals surface area contributed by atoms with Gasteiger partial charge in [0.15, 0.2) is 0 Å². The molecule has 0 N–H and O–H groups in total. The Morgan fingerprint density at radius 3 is 2.25 bits per heavy atom. The summed E-state index contributed by atoms with van der Waals surface area (Å²) in [4.78, 5) is 0. The molecule has 1 aromatic heterocycles. The van der Waals surface area contributed by atoms with Crippen LogP contribution in [0.2, 0.25) is 0 Å². The van der Waals surface area contributed by atoms with Gasteiger partial charge in [-0.2, -0.15) is 13.2 Å². The lowest BCUT2D eigenvalue weighted by atomic mass is 9.88. The zero-order valence-corrected chi connectivity index (χ0v) is 12.3. The van der Waals surface area contributed by atoms with Crippen molar-refractivity contribution in [2.45, 2.75) is 46.8 Å². The monoisotopic (exact) mass is 283 g/mol. The van der Waals surface area contributed by atoms with E-state index in [1.807, 2.05) is 17.7 Å². The molecule has 1 aromatic carbocycles. The molecule has 0 amide bonds. The Morgan fingerprint density at radius 1 is 1.10 bits per heavy atom. The Balaban J connectivity index is 2.62. The summed E-state index contributed by atoms with van der Waals surface area (Å²) in [6, 6.07) is 4.02. The van der Waals surface area contributed by atoms with Crippen LogP contribution in [0.15, 0.2) is 24.4 Å². The van der Waals surface area contributed by atoms with Crippen LogP contribution < -0.4 is 0 Å². The number of halogens is 3. The van der Waals surface area contributed by atoms with Gasteiger partial charge in [-0.25, -0.2) is 0 Å². The number of aromatic nitrogens is 1. The van der Waals surface area contributed by atoms with Crippen molar-refractivity contribution in [3.05, 3.63) is 35.5 Å². The van der Waals surface area contributed by atoms with Crippen LogP contribution in [-0.2, 0) is 19.1 Å². The lowest BCUT2D eigenvalue weighted by molar-refractivity contribution is -0.137. The molecule has 4 heteroatoms. The summed E-state index contributed by atoms with van der Waals surface area (Å²) >= 11 is 0. The van der Waals surface area contributed by atoms with Crippen LogP contribution >= 0.6 is 0 Å². The van der Waals surface area contributed by atoms with E-state index in [2.05, 4.69) is 20.8 Å². The van der Waals surface area contributed by atoms with E-state index in [-0.39, 0.29) is 5.41 Å². The molecule has 0 saturated carbocycles. The van der Waals surface area contributed by atoms with E-state index in [1.54, 1.807) is 6.07 Å². The standard InChI is InChI=1S/C16H20F3N/c1-5-20-10-11(9-15(2,3)4)13-8-12(16(17,18)19)6-7-14(13)20/h6-8,10H,5,9H2,1-4H3. The molecule has 0 saturated heterocycles. The first-order valence-electron chi connectivity index (χ1n) is 6.81. The van der Waals surface area contributed by atoms with Gasteiger partial charge in [0, 0.05) is 23.6 Å². The van der Waals surface area contributed by atoms with Gasteiger partial charge in [0.25, 0.3) is 0 Å². The number of nitrogens with zero attached hydrogens (tertiary/aromatic N) is 1. The topological polar surface area (TPSA) is 4.93 Å². The van der Waals surface area contributed by atoms with E-state index in [4.69, 9.17) is 0 Å². The molecule has 0 aliphatic rings. The molecule has 0 spiro atoms. The van der Waals surface area contributed by atoms with Crippen LogP contribution in [0.3, 0.4) is 0 Å². The minimum atomic E-state index is -4.29. The first-order chi connectivity index (χ1) is 9.12. The zero-order valence-electron chi connectivity index (χ0n) is 12.3. The van der Waals surface area contributed by atoms with E-state index in [0.717, 1.165) is 35.5 Å². The van der Waals surface area contributed by atoms with Crippen LogP contribution in [-0.4, -0.2) is 4.57 Å². The smallest absolute Gasteiger partial charge is 0.347 e. The highest BCUT2D eigenvalue weighted by molar-refractivity contribution is 5.85. The summed E-state index contributed by atoms with van der Waals surface area (Å²) in [5, 5.41) is 0.719. The number of aryl methyl sites for hydroxylation is 1. The van der Waals surface area contributed by atoms with Crippen molar-refractivity contribution >= 4 is 10.9 Å². The van der Waals surface area contributed by atoms with Gasteiger partial charge in [0.2, 0.25) is 0 Å². The minimum Gasteiger partial charge on any atom is -0.347 e. The second kappa shape index (κ2) is 4.83. The summed E-state index contributed by atoms with van der Waals surface area (Å²) in [7, 11) is 0. The molecule has 0 unspecified atom stereocenters. The lowest BCUT2D eigenvalue weighted by Crippen LogP contribution is -2.09. The molecule has 20 heavy (non-hydrogen) atoms. The number of hydrogen-bond donors (Lipinski definition) is 0. The Bertz CT molecular complexity index is 615. The maximum absolute atomic E-state index is 12.9. The molecule has 2 rings (SSSR count). The van der Waals surface area contributed by atoms with Gasteiger partial charge in [-0.15, -0.1) is 0 Å². The maximum atomic E-state index is 12.9. The van der Waals surface area contributed by atoms with Crippen molar-refractivity contribution < 1.29 is 13.2 Å². The molecule has 110 valence electrons. The summed E-state index contributed by atoms with van der Waals surface area (Å²) in [6.45, 7) is 9.03. The molecule has 0 aliphatic carbocycles. The van der Waals surface area contributed by atoms with Crippen LogP contribution in [0.1, 0.15) is 38.8 Å². The van der Waals surface area contributed by atoms with Crippen LogP contribution in [0.25, 0.3) is 10.9 Å². The Hall–Kier alpha value is -1.45. The van der Waals surface area contributed by atoms with Crippen molar-refractivity contribution in [2.24, 2.45) is 5.41 Å². The third-order valence-corrected chi connectivity index (χ3v) is 3.35. The summed E-state index contributed by atoms with van der Waals surface area (Å²) < 4.78 is 40.6. The third-order valence-electron chi connectivity index (χ3n) is 3.35. The van der Waals surface area contributed by atoms with E-state index in [1.165, 1.54) is 6.07 Å². The fourth-order valence-electron chi connectivity index (χ4n) is 2.52. The average molecular weight is 283 g/mol. The molecular formula is C16H20F3N. The van der Waals surface area contributed by atoms with Gasteiger partial charge in [0.1, 0.15) is 0 Å². The highest BCUT2D eigenvalue weighted by atomic mass is 19.4. The normalized spacial score (nSPS) is 13.2. The number of alkyl halides is 3. The average Bonchev–Trinajstić information content (AvgIpc) is 2.63. The fraction of sp³-hybridized carbons (Fsp3) is 0.500. The zero-order chi connectivity index (χ0) is 15.1. The van der Waals surface area contributed by atoms with E-state index in [9.17, 15) is 13.2 Å². The second-order valence-corrected chi connectivity index (χ2v) is 6.41. The molecule has 0 aliphatic heterocycles. The van der Waals surface area contributed by atoms with E-state index < -0.39 is 11.7 Å². The molecular weight excluding hydrogens is 263 g/mol. The Labute approximate surface area is 117 Å². The molecule has 0 fully saturated rings. The van der Waals surface area contributed by atoms with Gasteiger partial charge >= 0.3 is 6.18 Å². The van der Waals surface area contributed by atoms with Crippen molar-refractivity contribution in [3.8, 4) is 0 Å². The van der Waals surface area contributed by atoms with Gasteiger partial charge in [-0.3, -0.25) is 0 Å². The number of benzene rings is 1. The number of fused-ring (bicyclic) bond motifs is 1. The van der Waals surface area contributed by atoms with Crippen molar-refractivity contribution in [1.82, 2.24) is 4.57 Å². The van der Waals surface area contributed by atoms with Crippen LogP contribution in [0, 0.1) is 5.41 Å². The van der Waals surface area contributed by atoms with Crippen molar-refractivity contribution in [3.63, 3.8) is 0 Å². The SMILES string of the molecule is CCn1cc(CC(C)(C)C)c2cc(C(F)(F)F)ccc21. The first-order valence-corrected chi connectivity index (χ1v) is 6.81. The highest BCUT2D eigenvalue weighted by Crippen LogP contribution is 2.34. The van der Waals surface area contributed by atoms with E-state index >= 15 is 0 Å². The Morgan fingerprint density at radius 2 is 1.75 bits per heavy atom. The lowest BCUT2D eigenvalue weighted by Gasteiger charge is -2.17. The predicted molar refractivity (Wildman–Crippen MR) is 75.8 cm³/mol. The summed E-state index contributed by atoms with van der Waals surface area (Å²) in [6.07, 6.45) is -1.55. The quantitative estimate of drug-likeness (QED) is 0.707. The van der Waals surface area contributed by atoms with Gasteiger partial charge < -0.3 is 4.57 Å². The maximum Gasteiger partial charge on any atom is 0.416 e. The van der Waals surface area contributed by atoms with Gasteiger partial charge in [-0.05, 0) is 42.5 Å². The second-order valence-electron chi connectivity index (χ2n) is 6.41. The van der Waals surface area contributed by atoms with Crippen molar-refractivity contribution in [2.75, 3.05) is 0 Å². The highest BCUT2D eigenvalue weighted by Gasteiger charge is 2.31. The molecule has 1 heterocycles. The molecule has 0 atom stereocenters. The number of rotatable bonds is 2. The van der Waals surface area contributed by atoms with E-state index in [0.29, 0.717) is 0 Å². The van der Waals surface area contributed by atoms with Crippen molar-refractivity contribution in [1.29, 1.82) is 0 Å². The number of hydrogen-bond acceptors (Lipinski definition) is 0.